The molecule has 1 fully saturated rings. The Kier molecular flexibility index (Phi) is 6.52. The van der Waals surface area contributed by atoms with E-state index < -0.39 is 23.2 Å². The van der Waals surface area contributed by atoms with Gasteiger partial charge in [0.1, 0.15) is 11.6 Å². The summed E-state index contributed by atoms with van der Waals surface area (Å²) >= 11 is 0. The second-order valence-corrected chi connectivity index (χ2v) is 8.52. The number of ether oxygens (including phenoxy) is 2. The third-order valence-corrected chi connectivity index (χ3v) is 4.83. The molecule has 1 aliphatic rings. The molecule has 0 radical (unpaired) electrons. The van der Waals surface area contributed by atoms with Crippen LogP contribution in [0.25, 0.3) is 0 Å². The molecule has 6 nitrogen and oxygen atoms in total. The van der Waals surface area contributed by atoms with Crippen molar-refractivity contribution in [1.29, 1.82) is 0 Å². The average molecular weight is 376 g/mol. The van der Waals surface area contributed by atoms with Crippen molar-refractivity contribution in [1.82, 2.24) is 9.80 Å². The van der Waals surface area contributed by atoms with Gasteiger partial charge in [0, 0.05) is 25.6 Å². The first-order chi connectivity index (χ1) is 12.5. The number of carbonyl (C=O) groups is 2. The highest BCUT2D eigenvalue weighted by molar-refractivity contribution is 5.87. The Bertz CT molecular complexity index is 646. The molecule has 0 aliphatic carbocycles. The second kappa shape index (κ2) is 8.30. The first-order valence-electron chi connectivity index (χ1n) is 9.42. The van der Waals surface area contributed by atoms with Crippen molar-refractivity contribution < 1.29 is 19.1 Å². The van der Waals surface area contributed by atoms with Gasteiger partial charge in [0.2, 0.25) is 5.91 Å². The minimum atomic E-state index is -0.687. The highest BCUT2D eigenvalue weighted by Gasteiger charge is 2.44. The lowest BCUT2D eigenvalue weighted by atomic mass is 9.76. The number of amides is 2. The summed E-state index contributed by atoms with van der Waals surface area (Å²) in [4.78, 5) is 29.4. The van der Waals surface area contributed by atoms with Gasteiger partial charge in [-0.2, -0.15) is 0 Å². The molecule has 0 N–H and O–H groups in total. The summed E-state index contributed by atoms with van der Waals surface area (Å²) in [6.45, 7) is 11.5. The van der Waals surface area contributed by atoms with Gasteiger partial charge in [0.25, 0.3) is 0 Å². The topological polar surface area (TPSA) is 59.1 Å². The average Bonchev–Trinajstić information content (AvgIpc) is 2.61. The van der Waals surface area contributed by atoms with Gasteiger partial charge in [-0.05, 0) is 26.3 Å². The van der Waals surface area contributed by atoms with E-state index in [1.807, 2.05) is 65.0 Å². The number of rotatable bonds is 4. The quantitative estimate of drug-likeness (QED) is 0.810. The normalized spacial score (nSPS) is 16.6. The Morgan fingerprint density at radius 1 is 1.07 bits per heavy atom. The first kappa shape index (κ1) is 21.2. The fourth-order valence-electron chi connectivity index (χ4n) is 3.38. The summed E-state index contributed by atoms with van der Waals surface area (Å²) in [5.41, 5.74) is -0.232. The number of nitrogens with zero attached hydrogens (tertiary/aromatic N) is 2. The SMILES string of the molecule is CN(C(=O)OC(C)(C)C)[C@H](C(=O)N1CCOCC1)C(C)(C)c1ccccc1. The minimum Gasteiger partial charge on any atom is -0.444 e. The maximum atomic E-state index is 13.5. The summed E-state index contributed by atoms with van der Waals surface area (Å²) in [6, 6.07) is 9.12. The molecule has 6 heteroatoms. The van der Waals surface area contributed by atoms with E-state index in [0.29, 0.717) is 26.3 Å². The van der Waals surface area contributed by atoms with Gasteiger partial charge in [-0.15, -0.1) is 0 Å². The van der Waals surface area contributed by atoms with Crippen LogP contribution < -0.4 is 0 Å². The van der Waals surface area contributed by atoms with Crippen molar-refractivity contribution >= 4 is 12.0 Å². The lowest BCUT2D eigenvalue weighted by Crippen LogP contribution is -2.59. The fraction of sp³-hybridized carbons (Fsp3) is 0.619. The molecule has 1 atom stereocenters. The van der Waals surface area contributed by atoms with Crippen molar-refractivity contribution in [3.63, 3.8) is 0 Å². The molecule has 1 aliphatic heterocycles. The van der Waals surface area contributed by atoms with Crippen LogP contribution in [0.3, 0.4) is 0 Å². The van der Waals surface area contributed by atoms with Crippen molar-refractivity contribution in [2.45, 2.75) is 51.7 Å². The third-order valence-electron chi connectivity index (χ3n) is 4.83. The zero-order chi connectivity index (χ0) is 20.2. The monoisotopic (exact) mass is 376 g/mol. The van der Waals surface area contributed by atoms with E-state index in [4.69, 9.17) is 9.47 Å². The number of carbonyl (C=O) groups excluding carboxylic acids is 2. The molecular formula is C21H32N2O4. The number of likely N-dealkylation sites (N-methyl/N-ethyl adjacent to an activating group) is 1. The first-order valence-corrected chi connectivity index (χ1v) is 9.42. The largest absolute Gasteiger partial charge is 0.444 e. The highest BCUT2D eigenvalue weighted by atomic mass is 16.6. The van der Waals surface area contributed by atoms with Crippen LogP contribution in [0.5, 0.6) is 0 Å². The maximum absolute atomic E-state index is 13.5. The molecule has 0 spiro atoms. The van der Waals surface area contributed by atoms with Gasteiger partial charge >= 0.3 is 6.09 Å². The van der Waals surface area contributed by atoms with Crippen molar-refractivity contribution in [3.8, 4) is 0 Å². The smallest absolute Gasteiger partial charge is 0.410 e. The van der Waals surface area contributed by atoms with E-state index in [2.05, 4.69) is 0 Å². The van der Waals surface area contributed by atoms with E-state index in [0.717, 1.165) is 5.56 Å². The Morgan fingerprint density at radius 2 is 1.63 bits per heavy atom. The van der Waals surface area contributed by atoms with Gasteiger partial charge in [-0.25, -0.2) is 4.79 Å². The van der Waals surface area contributed by atoms with Crippen LogP contribution in [0.2, 0.25) is 0 Å². The maximum Gasteiger partial charge on any atom is 0.410 e. The van der Waals surface area contributed by atoms with E-state index >= 15 is 0 Å². The summed E-state index contributed by atoms with van der Waals surface area (Å²) in [6.07, 6.45) is -0.502. The zero-order valence-corrected chi connectivity index (χ0v) is 17.3. The summed E-state index contributed by atoms with van der Waals surface area (Å²) in [7, 11) is 1.64. The zero-order valence-electron chi connectivity index (χ0n) is 17.3. The van der Waals surface area contributed by atoms with E-state index in [9.17, 15) is 9.59 Å². The Balaban J connectivity index is 2.38. The Morgan fingerprint density at radius 3 is 2.15 bits per heavy atom. The lowest BCUT2D eigenvalue weighted by molar-refractivity contribution is -0.142. The Labute approximate surface area is 162 Å². The van der Waals surface area contributed by atoms with Crippen LogP contribution in [0.1, 0.15) is 40.2 Å². The molecule has 27 heavy (non-hydrogen) atoms. The van der Waals surface area contributed by atoms with Crippen LogP contribution >= 0.6 is 0 Å². The van der Waals surface area contributed by atoms with Crippen molar-refractivity contribution in [3.05, 3.63) is 35.9 Å². The summed E-state index contributed by atoms with van der Waals surface area (Å²) in [5, 5.41) is 0. The number of hydrogen-bond acceptors (Lipinski definition) is 4. The molecule has 0 bridgehead atoms. The van der Waals surface area contributed by atoms with Gasteiger partial charge in [0.15, 0.2) is 0 Å². The van der Waals surface area contributed by atoms with E-state index in [1.165, 1.54) is 4.90 Å². The molecule has 1 saturated heterocycles. The van der Waals surface area contributed by atoms with Crippen LogP contribution in [0.15, 0.2) is 30.3 Å². The van der Waals surface area contributed by atoms with Gasteiger partial charge in [-0.3, -0.25) is 9.69 Å². The molecule has 2 rings (SSSR count). The minimum absolute atomic E-state index is 0.0829. The van der Waals surface area contributed by atoms with Crippen LogP contribution in [0.4, 0.5) is 4.79 Å². The van der Waals surface area contributed by atoms with Crippen LogP contribution in [0, 0.1) is 0 Å². The van der Waals surface area contributed by atoms with E-state index in [-0.39, 0.29) is 5.91 Å². The Hall–Kier alpha value is -2.08. The molecular weight excluding hydrogens is 344 g/mol. The van der Waals surface area contributed by atoms with E-state index in [1.54, 1.807) is 11.9 Å². The number of benzene rings is 1. The number of hydrogen-bond donors (Lipinski definition) is 0. The molecule has 0 saturated carbocycles. The lowest BCUT2D eigenvalue weighted by Gasteiger charge is -2.42. The van der Waals surface area contributed by atoms with Crippen molar-refractivity contribution in [2.75, 3.05) is 33.4 Å². The van der Waals surface area contributed by atoms with Gasteiger partial charge in [0.05, 0.1) is 13.2 Å². The molecule has 1 aromatic rings. The standard InChI is InChI=1S/C21H32N2O4/c1-20(2,3)27-19(25)22(6)17(18(24)23-12-14-26-15-13-23)21(4,5)16-10-8-7-9-11-16/h7-11,17H,12-15H2,1-6H3/t17-/m1/s1. The molecule has 1 heterocycles. The second-order valence-electron chi connectivity index (χ2n) is 8.52. The van der Waals surface area contributed by atoms with Crippen LogP contribution in [-0.4, -0.2) is 66.8 Å². The predicted octanol–water partition coefficient (Wildman–Crippen LogP) is 3.06. The van der Waals surface area contributed by atoms with Gasteiger partial charge < -0.3 is 14.4 Å². The molecule has 150 valence electrons. The highest BCUT2D eigenvalue weighted by Crippen LogP contribution is 2.32. The third kappa shape index (κ3) is 5.22. The van der Waals surface area contributed by atoms with Crippen LogP contribution in [-0.2, 0) is 19.7 Å². The molecule has 1 aromatic carbocycles. The molecule has 0 aromatic heterocycles. The molecule has 2 amide bonds. The number of morpholine rings is 1. The summed E-state index contributed by atoms with van der Waals surface area (Å²) in [5.74, 6) is -0.0829. The fourth-order valence-corrected chi connectivity index (χ4v) is 3.38. The van der Waals surface area contributed by atoms with Gasteiger partial charge in [-0.1, -0.05) is 44.2 Å². The molecule has 0 unspecified atom stereocenters. The predicted molar refractivity (Wildman–Crippen MR) is 105 cm³/mol. The summed E-state index contributed by atoms with van der Waals surface area (Å²) < 4.78 is 10.9. The van der Waals surface area contributed by atoms with Crippen molar-refractivity contribution in [2.24, 2.45) is 0 Å².